The van der Waals surface area contributed by atoms with Crippen molar-refractivity contribution in [1.29, 1.82) is 0 Å². The Kier molecular flexibility index (Phi) is 10.4. The van der Waals surface area contributed by atoms with Gasteiger partial charge in [-0.3, -0.25) is 24.0 Å². The van der Waals surface area contributed by atoms with E-state index in [0.717, 1.165) is 47.9 Å². The highest BCUT2D eigenvalue weighted by Crippen LogP contribution is 2.28. The van der Waals surface area contributed by atoms with E-state index in [0.29, 0.717) is 16.1 Å². The summed E-state index contributed by atoms with van der Waals surface area (Å²) in [7, 11) is -4.07. The van der Waals surface area contributed by atoms with E-state index in [1.54, 1.807) is 31.2 Å². The van der Waals surface area contributed by atoms with E-state index in [2.05, 4.69) is 5.32 Å². The molecule has 1 aliphatic rings. The lowest BCUT2D eigenvalue weighted by atomic mass is 10.0. The molecule has 0 heterocycles. The Balaban J connectivity index is 1.76. The van der Waals surface area contributed by atoms with Crippen LogP contribution in [0, 0.1) is 17.0 Å². The summed E-state index contributed by atoms with van der Waals surface area (Å²) in [6.45, 7) is 0.933. The van der Waals surface area contributed by atoms with Gasteiger partial charge < -0.3 is 10.2 Å². The van der Waals surface area contributed by atoms with Crippen molar-refractivity contribution in [2.75, 3.05) is 17.1 Å². The molecule has 0 saturated heterocycles. The zero-order valence-electron chi connectivity index (χ0n) is 24.1. The molecule has 0 spiro atoms. The van der Waals surface area contributed by atoms with Crippen LogP contribution in [0.5, 0.6) is 0 Å². The van der Waals surface area contributed by atoms with Gasteiger partial charge in [0, 0.05) is 36.2 Å². The molecule has 4 rings (SSSR count). The molecule has 2 amide bonds. The van der Waals surface area contributed by atoms with Crippen molar-refractivity contribution in [2.45, 2.75) is 57.7 Å². The van der Waals surface area contributed by atoms with Crippen LogP contribution in [0.2, 0.25) is 5.02 Å². The molecule has 1 N–H and O–H groups in total. The molecule has 0 aromatic heterocycles. The second-order valence-electron chi connectivity index (χ2n) is 10.8. The fourth-order valence-electron chi connectivity index (χ4n) is 5.33. The molecule has 0 bridgehead atoms. The first-order valence-electron chi connectivity index (χ1n) is 14.0. The minimum Gasteiger partial charge on any atom is -0.352 e. The zero-order valence-corrected chi connectivity index (χ0v) is 25.7. The number of amides is 2. The lowest BCUT2D eigenvalue weighted by Gasteiger charge is -2.34. The zero-order chi connectivity index (χ0) is 31.1. The minimum atomic E-state index is -4.07. The van der Waals surface area contributed by atoms with Crippen LogP contribution in [0.3, 0.4) is 0 Å². The SMILES string of the molecule is Cc1ccc([N+](=O)[O-])cc1N(CC(=O)N(Cc1cccc(Cl)c1)[C@H](Cc1ccccc1)C(=O)NC1CCCC1)S(C)(=O)=O. The first-order chi connectivity index (χ1) is 20.4. The van der Waals surface area contributed by atoms with Gasteiger partial charge in [-0.1, -0.05) is 73.0 Å². The maximum atomic E-state index is 14.2. The summed E-state index contributed by atoms with van der Waals surface area (Å²) in [6.07, 6.45) is 4.84. The molecular weight excluding hydrogens is 592 g/mol. The molecule has 1 fully saturated rings. The van der Waals surface area contributed by atoms with Crippen LogP contribution < -0.4 is 9.62 Å². The number of hydrogen-bond donors (Lipinski definition) is 1. The summed E-state index contributed by atoms with van der Waals surface area (Å²) in [5, 5.41) is 15.0. The summed E-state index contributed by atoms with van der Waals surface area (Å²) in [5.41, 5.74) is 1.63. The molecule has 43 heavy (non-hydrogen) atoms. The average molecular weight is 627 g/mol. The number of nitrogens with zero attached hydrogens (tertiary/aromatic N) is 3. The highest BCUT2D eigenvalue weighted by atomic mass is 35.5. The van der Waals surface area contributed by atoms with Crippen molar-refractivity contribution >= 4 is 44.8 Å². The van der Waals surface area contributed by atoms with E-state index in [4.69, 9.17) is 11.6 Å². The maximum Gasteiger partial charge on any atom is 0.271 e. The van der Waals surface area contributed by atoms with E-state index in [-0.39, 0.29) is 36.3 Å². The predicted octanol–water partition coefficient (Wildman–Crippen LogP) is 5.02. The van der Waals surface area contributed by atoms with Gasteiger partial charge in [0.15, 0.2) is 0 Å². The van der Waals surface area contributed by atoms with Gasteiger partial charge in [-0.2, -0.15) is 0 Å². The van der Waals surface area contributed by atoms with Gasteiger partial charge >= 0.3 is 0 Å². The second kappa shape index (κ2) is 14.0. The van der Waals surface area contributed by atoms with Crippen LogP contribution in [-0.2, 0) is 32.6 Å². The van der Waals surface area contributed by atoms with Gasteiger partial charge in [0.1, 0.15) is 12.6 Å². The smallest absolute Gasteiger partial charge is 0.271 e. The third kappa shape index (κ3) is 8.55. The molecule has 10 nitrogen and oxygen atoms in total. The highest BCUT2D eigenvalue weighted by molar-refractivity contribution is 7.92. The second-order valence-corrected chi connectivity index (χ2v) is 13.2. The number of aryl methyl sites for hydroxylation is 1. The Labute approximate surface area is 256 Å². The standard InChI is InChI=1S/C31H35ClN4O6S/c1-22-15-16-27(36(39)40)19-28(22)35(43(2,41)42)21-30(37)34(20-24-11-8-12-25(32)17-24)29(18-23-9-4-3-5-10-23)31(38)33-26-13-6-7-14-26/h3-5,8-12,15-17,19,26,29H,6-7,13-14,18,20-21H2,1-2H3,(H,33,38)/t29-/m1/s1. The van der Waals surface area contributed by atoms with Crippen LogP contribution in [0.25, 0.3) is 0 Å². The average Bonchev–Trinajstić information content (AvgIpc) is 3.47. The number of sulfonamides is 1. The van der Waals surface area contributed by atoms with E-state index < -0.39 is 33.4 Å². The fraction of sp³-hybridized carbons (Fsp3) is 0.355. The summed E-state index contributed by atoms with van der Waals surface area (Å²) in [5.74, 6) is -0.970. The van der Waals surface area contributed by atoms with Crippen LogP contribution >= 0.6 is 11.6 Å². The molecule has 0 radical (unpaired) electrons. The number of anilines is 1. The van der Waals surface area contributed by atoms with E-state index in [1.807, 2.05) is 30.3 Å². The highest BCUT2D eigenvalue weighted by Gasteiger charge is 2.35. The molecule has 3 aromatic carbocycles. The number of halogens is 1. The number of hydrogen-bond acceptors (Lipinski definition) is 6. The molecule has 12 heteroatoms. The summed E-state index contributed by atoms with van der Waals surface area (Å²) < 4.78 is 26.9. The van der Waals surface area contributed by atoms with E-state index >= 15 is 0 Å². The van der Waals surface area contributed by atoms with Crippen molar-refractivity contribution in [1.82, 2.24) is 10.2 Å². The fourth-order valence-corrected chi connectivity index (χ4v) is 6.44. The van der Waals surface area contributed by atoms with Crippen molar-refractivity contribution in [2.24, 2.45) is 0 Å². The third-order valence-corrected chi connectivity index (χ3v) is 8.93. The van der Waals surface area contributed by atoms with Crippen molar-refractivity contribution < 1.29 is 22.9 Å². The molecule has 1 aliphatic carbocycles. The summed E-state index contributed by atoms with van der Waals surface area (Å²) in [4.78, 5) is 40.4. The van der Waals surface area contributed by atoms with Gasteiger partial charge in [-0.25, -0.2) is 8.42 Å². The predicted molar refractivity (Wildman–Crippen MR) is 166 cm³/mol. The monoisotopic (exact) mass is 626 g/mol. The van der Waals surface area contributed by atoms with Gasteiger partial charge in [-0.15, -0.1) is 0 Å². The van der Waals surface area contributed by atoms with E-state index in [1.165, 1.54) is 17.0 Å². The molecule has 1 atom stereocenters. The van der Waals surface area contributed by atoms with Gasteiger partial charge in [0.05, 0.1) is 16.9 Å². The Bertz CT molecular complexity index is 1580. The number of rotatable bonds is 12. The lowest BCUT2D eigenvalue weighted by Crippen LogP contribution is -2.54. The molecule has 1 saturated carbocycles. The normalized spacial score (nSPS) is 14.2. The minimum absolute atomic E-state index is 0.00562. The maximum absolute atomic E-state index is 14.2. The van der Waals surface area contributed by atoms with Crippen molar-refractivity contribution in [3.63, 3.8) is 0 Å². The number of nitro groups is 1. The molecule has 228 valence electrons. The van der Waals surface area contributed by atoms with Gasteiger partial charge in [0.2, 0.25) is 21.8 Å². The number of nitro benzene ring substituents is 1. The third-order valence-electron chi connectivity index (χ3n) is 7.57. The lowest BCUT2D eigenvalue weighted by molar-refractivity contribution is -0.384. The van der Waals surface area contributed by atoms with Gasteiger partial charge in [0.25, 0.3) is 5.69 Å². The topological polar surface area (TPSA) is 130 Å². The number of carbonyl (C=O) groups excluding carboxylic acids is 2. The van der Waals surface area contributed by atoms with Gasteiger partial charge in [-0.05, 0) is 48.6 Å². The number of carbonyl (C=O) groups is 2. The Hall–Kier alpha value is -3.96. The largest absolute Gasteiger partial charge is 0.352 e. The summed E-state index contributed by atoms with van der Waals surface area (Å²) >= 11 is 6.25. The van der Waals surface area contributed by atoms with Crippen LogP contribution in [0.1, 0.15) is 42.4 Å². The summed E-state index contributed by atoms with van der Waals surface area (Å²) in [6, 6.07) is 19.1. The van der Waals surface area contributed by atoms with Crippen LogP contribution in [-0.4, -0.2) is 54.9 Å². The molecule has 0 unspecified atom stereocenters. The molecular formula is C31H35ClN4O6S. The first kappa shape index (κ1) is 32.0. The number of non-ortho nitro benzene ring substituents is 1. The first-order valence-corrected chi connectivity index (χ1v) is 16.3. The molecule has 0 aliphatic heterocycles. The quantitative estimate of drug-likeness (QED) is 0.222. The van der Waals surface area contributed by atoms with Crippen LogP contribution in [0.4, 0.5) is 11.4 Å². The Morgan fingerprint density at radius 3 is 2.33 bits per heavy atom. The number of benzene rings is 3. The van der Waals surface area contributed by atoms with Crippen molar-refractivity contribution in [3.05, 3.63) is 105 Å². The Morgan fingerprint density at radius 2 is 1.70 bits per heavy atom. The van der Waals surface area contributed by atoms with Crippen LogP contribution in [0.15, 0.2) is 72.8 Å². The van der Waals surface area contributed by atoms with E-state index in [9.17, 15) is 28.1 Å². The number of nitrogens with one attached hydrogen (secondary N) is 1. The molecule has 3 aromatic rings. The van der Waals surface area contributed by atoms with Crippen molar-refractivity contribution in [3.8, 4) is 0 Å². The Morgan fingerprint density at radius 1 is 1.02 bits per heavy atom.